The molecule has 0 atom stereocenters. The minimum absolute atomic E-state index is 0.229. The maximum atomic E-state index is 13.6. The fraction of sp³-hybridized carbons (Fsp3) is 0.219. The lowest BCUT2D eigenvalue weighted by molar-refractivity contribution is 0.0927. The molecular formula is C32H28FN3O4S. The number of thiazole rings is 1. The van der Waals surface area contributed by atoms with Crippen molar-refractivity contribution in [2.45, 2.75) is 39.2 Å². The molecule has 1 fully saturated rings. The molecule has 0 spiro atoms. The quantitative estimate of drug-likeness (QED) is 0.215. The maximum Gasteiger partial charge on any atom is 0.259 e. The predicted molar refractivity (Wildman–Crippen MR) is 157 cm³/mol. The molecular weight excluding hydrogens is 541 g/mol. The number of hydrogen-bond acceptors (Lipinski definition) is 6. The van der Waals surface area contributed by atoms with Crippen LogP contribution in [0.15, 0.2) is 65.2 Å². The van der Waals surface area contributed by atoms with E-state index in [1.54, 1.807) is 25.4 Å². The van der Waals surface area contributed by atoms with E-state index in [2.05, 4.69) is 15.6 Å². The van der Waals surface area contributed by atoms with E-state index < -0.39 is 5.54 Å². The van der Waals surface area contributed by atoms with E-state index in [1.807, 2.05) is 50.4 Å². The minimum Gasteiger partial charge on any atom is -0.496 e. The number of hydrogen-bond donors (Lipinski definition) is 2. The molecule has 1 saturated carbocycles. The van der Waals surface area contributed by atoms with Gasteiger partial charge in [-0.3, -0.25) is 9.59 Å². The standard InChI is InChI=1S/C32H28FN3O4S/c1-17-13-27(39-4)25(29(37)36-32(11-12-32)31-34-16-18(2)41-31)15-23(17)20-5-10-26-24(14-20)28(19(3)40-26)30(38)35-22-8-6-21(33)7-9-22/h5-10,13-16H,11-12H2,1-4H3,(H,35,38)(H,36,37). The number of nitrogens with zero attached hydrogens (tertiary/aromatic N) is 1. The minimum atomic E-state index is -0.438. The van der Waals surface area contributed by atoms with Crippen molar-refractivity contribution in [1.29, 1.82) is 0 Å². The number of carbonyl (C=O) groups is 2. The highest BCUT2D eigenvalue weighted by molar-refractivity contribution is 7.11. The molecule has 9 heteroatoms. The van der Waals surface area contributed by atoms with Gasteiger partial charge in [-0.2, -0.15) is 0 Å². The van der Waals surface area contributed by atoms with E-state index in [0.29, 0.717) is 39.3 Å². The van der Waals surface area contributed by atoms with Gasteiger partial charge in [0.2, 0.25) is 0 Å². The molecule has 2 aromatic heterocycles. The number of amides is 2. The first-order chi connectivity index (χ1) is 19.7. The molecule has 5 aromatic rings. The highest BCUT2D eigenvalue weighted by atomic mass is 32.1. The van der Waals surface area contributed by atoms with Crippen molar-refractivity contribution in [2.24, 2.45) is 0 Å². The molecule has 3 aromatic carbocycles. The molecule has 0 unspecified atom stereocenters. The number of nitrogens with one attached hydrogen (secondary N) is 2. The number of benzene rings is 3. The summed E-state index contributed by atoms with van der Waals surface area (Å²) in [6.45, 7) is 5.69. The van der Waals surface area contributed by atoms with Crippen molar-refractivity contribution in [2.75, 3.05) is 12.4 Å². The Balaban J connectivity index is 1.36. The van der Waals surface area contributed by atoms with Gasteiger partial charge in [0.25, 0.3) is 11.8 Å². The molecule has 0 bridgehead atoms. The van der Waals surface area contributed by atoms with Gasteiger partial charge in [-0.1, -0.05) is 6.07 Å². The number of anilines is 1. The SMILES string of the molecule is COc1cc(C)c(-c2ccc3oc(C)c(C(=O)Nc4ccc(F)cc4)c3c2)cc1C(=O)NC1(c2ncc(C)s2)CC1. The number of aryl methyl sites for hydroxylation is 3. The molecule has 0 aliphatic heterocycles. The fourth-order valence-electron chi connectivity index (χ4n) is 5.11. The van der Waals surface area contributed by atoms with Gasteiger partial charge in [0.1, 0.15) is 27.9 Å². The van der Waals surface area contributed by atoms with Crippen molar-refractivity contribution in [1.82, 2.24) is 10.3 Å². The third kappa shape index (κ3) is 4.97. The lowest BCUT2D eigenvalue weighted by atomic mass is 9.95. The largest absolute Gasteiger partial charge is 0.496 e. The molecule has 1 aliphatic carbocycles. The molecule has 7 nitrogen and oxygen atoms in total. The highest BCUT2D eigenvalue weighted by Gasteiger charge is 2.48. The zero-order valence-corrected chi connectivity index (χ0v) is 23.9. The Kier molecular flexibility index (Phi) is 6.62. The van der Waals surface area contributed by atoms with E-state index in [0.717, 1.165) is 39.4 Å². The van der Waals surface area contributed by atoms with Gasteiger partial charge in [-0.25, -0.2) is 9.37 Å². The molecule has 0 radical (unpaired) electrons. The first-order valence-corrected chi connectivity index (χ1v) is 14.0. The summed E-state index contributed by atoms with van der Waals surface area (Å²) in [5.41, 5.74) is 3.98. The summed E-state index contributed by atoms with van der Waals surface area (Å²) in [5.74, 6) is -0.0206. The van der Waals surface area contributed by atoms with Crippen LogP contribution in [0.2, 0.25) is 0 Å². The van der Waals surface area contributed by atoms with Gasteiger partial charge in [0, 0.05) is 22.1 Å². The second-order valence-electron chi connectivity index (χ2n) is 10.4. The van der Waals surface area contributed by atoms with Crippen LogP contribution < -0.4 is 15.4 Å². The number of furan rings is 1. The van der Waals surface area contributed by atoms with Crippen LogP contribution in [0.3, 0.4) is 0 Å². The van der Waals surface area contributed by atoms with Gasteiger partial charge in [-0.15, -0.1) is 11.3 Å². The van der Waals surface area contributed by atoms with Gasteiger partial charge >= 0.3 is 0 Å². The number of fused-ring (bicyclic) bond motifs is 1. The van der Waals surface area contributed by atoms with Crippen LogP contribution in [-0.2, 0) is 5.54 Å². The Morgan fingerprint density at radius 2 is 1.78 bits per heavy atom. The number of ether oxygens (including phenoxy) is 1. The van der Waals surface area contributed by atoms with Gasteiger partial charge in [0.15, 0.2) is 0 Å². The topological polar surface area (TPSA) is 93.5 Å². The molecule has 6 rings (SSSR count). The van der Waals surface area contributed by atoms with Gasteiger partial charge < -0.3 is 19.8 Å². The van der Waals surface area contributed by atoms with E-state index in [1.165, 1.54) is 24.3 Å². The molecule has 208 valence electrons. The lowest BCUT2D eigenvalue weighted by Gasteiger charge is -2.18. The van der Waals surface area contributed by atoms with Crippen LogP contribution in [0.4, 0.5) is 10.1 Å². The van der Waals surface area contributed by atoms with Gasteiger partial charge in [0.05, 0.1) is 23.8 Å². The third-order valence-corrected chi connectivity index (χ3v) is 8.55. The Morgan fingerprint density at radius 3 is 2.44 bits per heavy atom. The summed E-state index contributed by atoms with van der Waals surface area (Å²) in [5, 5.41) is 7.58. The first kappa shape index (κ1) is 26.7. The second kappa shape index (κ2) is 10.2. The zero-order chi connectivity index (χ0) is 28.9. The van der Waals surface area contributed by atoms with Crippen molar-refractivity contribution >= 4 is 39.8 Å². The summed E-state index contributed by atoms with van der Waals surface area (Å²) < 4.78 is 24.8. The average molecular weight is 570 g/mol. The van der Waals surface area contributed by atoms with Crippen LogP contribution in [0, 0.1) is 26.6 Å². The van der Waals surface area contributed by atoms with Gasteiger partial charge in [-0.05, 0) is 98.8 Å². The van der Waals surface area contributed by atoms with Crippen LogP contribution in [0.25, 0.3) is 22.1 Å². The van der Waals surface area contributed by atoms with E-state index in [9.17, 15) is 14.0 Å². The van der Waals surface area contributed by atoms with Crippen molar-refractivity contribution in [3.05, 3.63) is 98.9 Å². The number of aromatic nitrogens is 1. The highest BCUT2D eigenvalue weighted by Crippen LogP contribution is 2.47. The fourth-order valence-corrected chi connectivity index (χ4v) is 6.08. The van der Waals surface area contributed by atoms with Crippen molar-refractivity contribution in [3.8, 4) is 16.9 Å². The molecule has 1 aliphatic rings. The maximum absolute atomic E-state index is 13.6. The zero-order valence-electron chi connectivity index (χ0n) is 23.1. The average Bonchev–Trinajstić information content (AvgIpc) is 3.45. The van der Waals surface area contributed by atoms with Crippen molar-refractivity contribution < 1.29 is 23.1 Å². The summed E-state index contributed by atoms with van der Waals surface area (Å²) in [7, 11) is 1.55. The predicted octanol–water partition coefficient (Wildman–Crippen LogP) is 7.30. The third-order valence-electron chi connectivity index (χ3n) is 7.43. The molecule has 0 saturated heterocycles. The second-order valence-corrected chi connectivity index (χ2v) is 11.6. The van der Waals surface area contributed by atoms with Crippen LogP contribution in [-0.4, -0.2) is 23.9 Å². The summed E-state index contributed by atoms with van der Waals surface area (Å²) in [6, 6.07) is 14.9. The number of rotatable bonds is 7. The summed E-state index contributed by atoms with van der Waals surface area (Å²) in [4.78, 5) is 32.5. The summed E-state index contributed by atoms with van der Waals surface area (Å²) in [6.07, 6.45) is 3.51. The monoisotopic (exact) mass is 569 g/mol. The number of halogens is 1. The molecule has 41 heavy (non-hydrogen) atoms. The smallest absolute Gasteiger partial charge is 0.259 e. The Morgan fingerprint density at radius 1 is 1.02 bits per heavy atom. The normalized spacial score (nSPS) is 13.7. The van der Waals surface area contributed by atoms with E-state index in [4.69, 9.17) is 9.15 Å². The van der Waals surface area contributed by atoms with E-state index in [-0.39, 0.29) is 17.6 Å². The van der Waals surface area contributed by atoms with Crippen LogP contribution in [0.5, 0.6) is 5.75 Å². The first-order valence-electron chi connectivity index (χ1n) is 13.2. The molecule has 2 heterocycles. The molecule has 2 amide bonds. The number of methoxy groups -OCH3 is 1. The Bertz CT molecular complexity index is 1820. The number of carbonyl (C=O) groups excluding carboxylic acids is 2. The lowest BCUT2D eigenvalue weighted by Crippen LogP contribution is -2.35. The van der Waals surface area contributed by atoms with Crippen molar-refractivity contribution in [3.63, 3.8) is 0 Å². The van der Waals surface area contributed by atoms with Crippen LogP contribution >= 0.6 is 11.3 Å². The molecule has 2 N–H and O–H groups in total. The summed E-state index contributed by atoms with van der Waals surface area (Å²) >= 11 is 1.60. The van der Waals surface area contributed by atoms with E-state index >= 15 is 0 Å². The Labute approximate surface area is 240 Å². The Hall–Kier alpha value is -4.50. The van der Waals surface area contributed by atoms with Crippen LogP contribution in [0.1, 0.15) is 54.8 Å².